The highest BCUT2D eigenvalue weighted by atomic mass is 16.4. The number of amides is 2. The van der Waals surface area contributed by atoms with Gasteiger partial charge >= 0.3 is 5.97 Å². The Balaban J connectivity index is 1.41. The number of aromatic amines is 2. The molecular weight excluding hydrogens is 496 g/mol. The molecule has 0 saturated carbocycles. The largest absolute Gasteiger partial charge is 0.481 e. The molecule has 0 aliphatic heterocycles. The lowest BCUT2D eigenvalue weighted by molar-refractivity contribution is -0.147. The molecule has 0 fully saturated rings. The number of carboxylic acid groups (broad SMARTS) is 1. The third-order valence-electron chi connectivity index (χ3n) is 6.50. The second-order valence-corrected chi connectivity index (χ2v) is 10.1. The molecular formula is C29H32N6O4. The Hall–Kier alpha value is -4.73. The van der Waals surface area contributed by atoms with Crippen LogP contribution in [0.15, 0.2) is 73.2 Å². The van der Waals surface area contributed by atoms with Gasteiger partial charge in [0.1, 0.15) is 5.69 Å². The smallest absolute Gasteiger partial charge is 0.309 e. The van der Waals surface area contributed by atoms with E-state index in [4.69, 9.17) is 0 Å². The summed E-state index contributed by atoms with van der Waals surface area (Å²) in [6.45, 7) is 3.65. The number of carboxylic acids is 1. The summed E-state index contributed by atoms with van der Waals surface area (Å²) in [5.74, 6) is -1.83. The molecule has 0 unspecified atom stereocenters. The van der Waals surface area contributed by atoms with Crippen LogP contribution in [-0.4, -0.2) is 55.6 Å². The molecule has 2 aromatic carbocycles. The van der Waals surface area contributed by atoms with E-state index in [0.717, 1.165) is 22.4 Å². The van der Waals surface area contributed by atoms with Gasteiger partial charge in [-0.3, -0.25) is 19.5 Å². The van der Waals surface area contributed by atoms with Crippen LogP contribution in [0.3, 0.4) is 0 Å². The molecule has 0 bridgehead atoms. The van der Waals surface area contributed by atoms with Crippen LogP contribution >= 0.6 is 0 Å². The molecule has 2 aromatic heterocycles. The Kier molecular flexibility index (Phi) is 8.55. The standard InChI is InChI=1S/C29H32N6O4/c1-29(2,28(38)39)16-23(14-19-8-10-21(11-9-19)20-6-4-3-5-7-20)33-27(37)25-15-24(34-35-25)26(36)31-13-12-22-17-30-18-32-22/h3-11,15,17-18,23H,12-14,16H2,1-2H3,(H,30,32)(H,31,36)(H,33,37)(H,34,35)(H,38,39)/t23-/m1/s1. The number of carbonyl (C=O) groups excluding carboxylic acids is 2. The van der Waals surface area contributed by atoms with Gasteiger partial charge in [-0.1, -0.05) is 54.6 Å². The summed E-state index contributed by atoms with van der Waals surface area (Å²) in [7, 11) is 0. The van der Waals surface area contributed by atoms with E-state index >= 15 is 0 Å². The molecule has 0 radical (unpaired) electrons. The van der Waals surface area contributed by atoms with Crippen molar-refractivity contribution in [1.29, 1.82) is 0 Å². The van der Waals surface area contributed by atoms with E-state index in [1.807, 2.05) is 54.6 Å². The highest BCUT2D eigenvalue weighted by Crippen LogP contribution is 2.26. The molecule has 4 rings (SSSR count). The van der Waals surface area contributed by atoms with Crippen molar-refractivity contribution in [2.75, 3.05) is 6.54 Å². The van der Waals surface area contributed by atoms with E-state index < -0.39 is 23.3 Å². The zero-order chi connectivity index (χ0) is 27.8. The second-order valence-electron chi connectivity index (χ2n) is 10.1. The van der Waals surface area contributed by atoms with Gasteiger partial charge in [-0.25, -0.2) is 4.98 Å². The van der Waals surface area contributed by atoms with Crippen LogP contribution in [0.2, 0.25) is 0 Å². The molecule has 4 aromatic rings. The third kappa shape index (κ3) is 7.41. The Morgan fingerprint density at radius 1 is 1.00 bits per heavy atom. The Bertz CT molecular complexity index is 1400. The number of aliphatic carboxylic acids is 1. The summed E-state index contributed by atoms with van der Waals surface area (Å²) in [6.07, 6.45) is 4.48. The molecule has 2 heterocycles. The van der Waals surface area contributed by atoms with Crippen molar-refractivity contribution in [2.45, 2.75) is 39.2 Å². The molecule has 1 atom stereocenters. The van der Waals surface area contributed by atoms with Gasteiger partial charge in [0.25, 0.3) is 11.8 Å². The number of rotatable bonds is 12. The Labute approximate surface area is 226 Å². The van der Waals surface area contributed by atoms with E-state index in [9.17, 15) is 19.5 Å². The number of aromatic nitrogens is 4. The zero-order valence-electron chi connectivity index (χ0n) is 21.9. The highest BCUT2D eigenvalue weighted by molar-refractivity contribution is 5.97. The Morgan fingerprint density at radius 2 is 1.72 bits per heavy atom. The Morgan fingerprint density at radius 3 is 2.38 bits per heavy atom. The first kappa shape index (κ1) is 27.3. The van der Waals surface area contributed by atoms with E-state index in [-0.39, 0.29) is 23.7 Å². The van der Waals surface area contributed by atoms with E-state index in [2.05, 4.69) is 30.8 Å². The van der Waals surface area contributed by atoms with Crippen molar-refractivity contribution in [1.82, 2.24) is 30.8 Å². The summed E-state index contributed by atoms with van der Waals surface area (Å²) in [5, 5.41) is 22.0. The number of nitrogens with zero attached hydrogens (tertiary/aromatic N) is 2. The summed E-state index contributed by atoms with van der Waals surface area (Å²) in [6, 6.07) is 18.9. The lowest BCUT2D eigenvalue weighted by atomic mass is 9.83. The number of hydrogen-bond donors (Lipinski definition) is 5. The molecule has 2 amide bonds. The van der Waals surface area contributed by atoms with Gasteiger partial charge in [0.15, 0.2) is 5.69 Å². The molecule has 10 nitrogen and oxygen atoms in total. The van der Waals surface area contributed by atoms with Crippen molar-refractivity contribution >= 4 is 17.8 Å². The van der Waals surface area contributed by atoms with Crippen LogP contribution in [0, 0.1) is 5.41 Å². The van der Waals surface area contributed by atoms with E-state index in [1.54, 1.807) is 26.4 Å². The van der Waals surface area contributed by atoms with Gasteiger partial charge in [-0.05, 0) is 43.4 Å². The molecule has 0 spiro atoms. The first-order chi connectivity index (χ1) is 18.7. The number of imidazole rings is 1. The normalized spacial score (nSPS) is 12.1. The fourth-order valence-corrected chi connectivity index (χ4v) is 4.27. The van der Waals surface area contributed by atoms with Crippen LogP contribution in [0.4, 0.5) is 0 Å². The summed E-state index contributed by atoms with van der Waals surface area (Å²) in [5.41, 5.74) is 3.16. The average Bonchev–Trinajstić information content (AvgIpc) is 3.62. The summed E-state index contributed by atoms with van der Waals surface area (Å²) >= 11 is 0. The van der Waals surface area contributed by atoms with Crippen molar-refractivity contribution in [2.24, 2.45) is 5.41 Å². The second kappa shape index (κ2) is 12.2. The van der Waals surface area contributed by atoms with Crippen molar-refractivity contribution in [3.63, 3.8) is 0 Å². The molecule has 0 aliphatic rings. The lowest BCUT2D eigenvalue weighted by Crippen LogP contribution is -2.41. The van der Waals surface area contributed by atoms with Crippen molar-refractivity contribution in [3.05, 3.63) is 95.8 Å². The van der Waals surface area contributed by atoms with E-state index in [0.29, 0.717) is 19.4 Å². The first-order valence-corrected chi connectivity index (χ1v) is 12.7. The topological polar surface area (TPSA) is 153 Å². The maximum atomic E-state index is 13.1. The number of H-pyrrole nitrogens is 2. The molecule has 5 N–H and O–H groups in total. The molecule has 0 saturated heterocycles. The first-order valence-electron chi connectivity index (χ1n) is 12.7. The van der Waals surface area contributed by atoms with Crippen LogP contribution in [0.5, 0.6) is 0 Å². The van der Waals surface area contributed by atoms with Crippen LogP contribution < -0.4 is 10.6 Å². The maximum Gasteiger partial charge on any atom is 0.309 e. The van der Waals surface area contributed by atoms with Gasteiger partial charge in [0, 0.05) is 37.0 Å². The number of hydrogen-bond acceptors (Lipinski definition) is 5. The maximum absolute atomic E-state index is 13.1. The number of carbonyl (C=O) groups is 3. The molecule has 0 aliphatic carbocycles. The minimum atomic E-state index is -1.06. The lowest BCUT2D eigenvalue weighted by Gasteiger charge is -2.27. The van der Waals surface area contributed by atoms with Gasteiger partial charge in [0.05, 0.1) is 11.7 Å². The van der Waals surface area contributed by atoms with Gasteiger partial charge in [-0.15, -0.1) is 0 Å². The van der Waals surface area contributed by atoms with Gasteiger partial charge in [-0.2, -0.15) is 5.10 Å². The SMILES string of the molecule is CC(C)(C[C@@H](Cc1ccc(-c2ccccc2)cc1)NC(=O)c1cc(C(=O)NCCc2cnc[nH]2)[nH]n1)C(=O)O. The molecule has 202 valence electrons. The number of nitrogens with one attached hydrogen (secondary N) is 4. The minimum Gasteiger partial charge on any atom is -0.481 e. The van der Waals surface area contributed by atoms with Gasteiger partial charge in [0.2, 0.25) is 0 Å². The van der Waals surface area contributed by atoms with Crippen LogP contribution in [0.25, 0.3) is 11.1 Å². The summed E-state index contributed by atoms with van der Waals surface area (Å²) in [4.78, 5) is 44.3. The fraction of sp³-hybridized carbons (Fsp3) is 0.276. The van der Waals surface area contributed by atoms with Crippen LogP contribution in [-0.2, 0) is 17.6 Å². The third-order valence-corrected chi connectivity index (χ3v) is 6.50. The van der Waals surface area contributed by atoms with Crippen molar-refractivity contribution in [3.8, 4) is 11.1 Å². The van der Waals surface area contributed by atoms with E-state index in [1.165, 1.54) is 6.07 Å². The highest BCUT2D eigenvalue weighted by Gasteiger charge is 2.32. The molecule has 39 heavy (non-hydrogen) atoms. The zero-order valence-corrected chi connectivity index (χ0v) is 21.9. The van der Waals surface area contributed by atoms with Crippen molar-refractivity contribution < 1.29 is 19.5 Å². The average molecular weight is 529 g/mol. The quantitative estimate of drug-likeness (QED) is 0.189. The monoisotopic (exact) mass is 528 g/mol. The van der Waals surface area contributed by atoms with Crippen LogP contribution in [0.1, 0.15) is 52.5 Å². The number of benzene rings is 2. The predicted octanol–water partition coefficient (Wildman–Crippen LogP) is 3.61. The predicted molar refractivity (Wildman–Crippen MR) is 146 cm³/mol. The molecule has 10 heteroatoms. The minimum absolute atomic E-state index is 0.0475. The summed E-state index contributed by atoms with van der Waals surface area (Å²) < 4.78 is 0. The van der Waals surface area contributed by atoms with Gasteiger partial charge < -0.3 is 20.7 Å². The fourth-order valence-electron chi connectivity index (χ4n) is 4.27.